The van der Waals surface area contributed by atoms with Gasteiger partial charge < -0.3 is 25.4 Å². The minimum absolute atomic E-state index is 0.00595. The molecule has 3 amide bonds. The molecular formula is C36H36N4O5. The van der Waals surface area contributed by atoms with E-state index in [9.17, 15) is 24.8 Å². The monoisotopic (exact) mass is 604 g/mol. The van der Waals surface area contributed by atoms with Gasteiger partial charge in [-0.05, 0) is 78.6 Å². The lowest BCUT2D eigenvalue weighted by atomic mass is 9.98. The number of amides is 3. The first kappa shape index (κ1) is 32.3. The Morgan fingerprint density at radius 3 is 2.36 bits per heavy atom. The average molecular weight is 605 g/mol. The van der Waals surface area contributed by atoms with Crippen LogP contribution in [-0.2, 0) is 20.7 Å². The van der Waals surface area contributed by atoms with Crippen LogP contribution in [0.4, 0.5) is 10.5 Å². The summed E-state index contributed by atoms with van der Waals surface area (Å²) in [5.74, 6) is -1.17. The molecule has 0 fully saturated rings. The molecule has 45 heavy (non-hydrogen) atoms. The van der Waals surface area contributed by atoms with Crippen LogP contribution in [0.5, 0.6) is 5.75 Å². The lowest BCUT2D eigenvalue weighted by Crippen LogP contribution is -2.53. The number of hydrogen-bond acceptors (Lipinski definition) is 6. The maximum atomic E-state index is 14.4. The Morgan fingerprint density at radius 1 is 0.978 bits per heavy atom. The highest BCUT2D eigenvalue weighted by Crippen LogP contribution is 2.27. The van der Waals surface area contributed by atoms with Gasteiger partial charge in [-0.3, -0.25) is 9.59 Å². The summed E-state index contributed by atoms with van der Waals surface area (Å²) in [6, 6.07) is 25.9. The number of carbonyl (C=O) groups excluding carboxylic acids is 3. The third kappa shape index (κ3) is 8.71. The van der Waals surface area contributed by atoms with Gasteiger partial charge in [-0.25, -0.2) is 4.79 Å². The van der Waals surface area contributed by atoms with Crippen molar-refractivity contribution in [1.29, 1.82) is 5.26 Å². The van der Waals surface area contributed by atoms with Gasteiger partial charge in [0.15, 0.2) is 0 Å². The van der Waals surface area contributed by atoms with Crippen molar-refractivity contribution in [3.63, 3.8) is 0 Å². The molecule has 0 heterocycles. The van der Waals surface area contributed by atoms with Crippen molar-refractivity contribution in [1.82, 2.24) is 10.2 Å². The van der Waals surface area contributed by atoms with Gasteiger partial charge in [-0.1, -0.05) is 73.3 Å². The first-order valence-electron chi connectivity index (χ1n) is 14.4. The normalized spacial score (nSPS) is 12.3. The smallest absolute Gasteiger partial charge is 0.408 e. The summed E-state index contributed by atoms with van der Waals surface area (Å²) in [6.07, 6.45) is 0.796. The summed E-state index contributed by atoms with van der Waals surface area (Å²) < 4.78 is 5.44. The minimum Gasteiger partial charge on any atom is -0.508 e. The van der Waals surface area contributed by atoms with E-state index < -0.39 is 42.1 Å². The number of fused-ring (bicyclic) bond motifs is 1. The van der Waals surface area contributed by atoms with Gasteiger partial charge >= 0.3 is 6.09 Å². The summed E-state index contributed by atoms with van der Waals surface area (Å²) in [6.45, 7) is 8.47. The van der Waals surface area contributed by atoms with Gasteiger partial charge in [-0.2, -0.15) is 5.26 Å². The third-order valence-corrected chi connectivity index (χ3v) is 6.93. The second-order valence-electron chi connectivity index (χ2n) is 11.5. The largest absolute Gasteiger partial charge is 0.508 e. The zero-order valence-electron chi connectivity index (χ0n) is 25.5. The van der Waals surface area contributed by atoms with E-state index in [-0.39, 0.29) is 12.2 Å². The second-order valence-corrected chi connectivity index (χ2v) is 11.5. The molecule has 0 saturated heterocycles. The number of benzene rings is 4. The molecule has 0 aliphatic carbocycles. The molecule has 0 spiro atoms. The lowest BCUT2D eigenvalue weighted by Gasteiger charge is -2.33. The number of rotatable bonds is 10. The Balaban J connectivity index is 1.75. The molecule has 4 rings (SSSR count). The molecule has 4 aromatic rings. The molecular weight excluding hydrogens is 568 g/mol. The molecule has 9 heteroatoms. The zero-order chi connectivity index (χ0) is 32.6. The number of phenols is 1. The van der Waals surface area contributed by atoms with Gasteiger partial charge in [0.1, 0.15) is 30.0 Å². The predicted molar refractivity (Wildman–Crippen MR) is 174 cm³/mol. The number of anilines is 1. The van der Waals surface area contributed by atoms with Crippen molar-refractivity contribution in [2.24, 2.45) is 0 Å². The van der Waals surface area contributed by atoms with Crippen molar-refractivity contribution >= 4 is 40.4 Å². The molecule has 0 radical (unpaired) electrons. The molecule has 0 bridgehead atoms. The average Bonchev–Trinajstić information content (AvgIpc) is 3.00. The van der Waals surface area contributed by atoms with Gasteiger partial charge in [0.2, 0.25) is 5.91 Å². The number of nitrogens with one attached hydrogen (secondary N) is 2. The van der Waals surface area contributed by atoms with E-state index in [0.29, 0.717) is 22.4 Å². The van der Waals surface area contributed by atoms with E-state index in [4.69, 9.17) is 4.74 Å². The van der Waals surface area contributed by atoms with Crippen LogP contribution < -0.4 is 10.6 Å². The Morgan fingerprint density at radius 2 is 1.69 bits per heavy atom. The quantitative estimate of drug-likeness (QED) is 0.181. The van der Waals surface area contributed by atoms with E-state index in [0.717, 1.165) is 15.7 Å². The number of ether oxygens (including phenoxy) is 1. The van der Waals surface area contributed by atoms with Crippen LogP contribution in [0.2, 0.25) is 0 Å². The molecule has 2 unspecified atom stereocenters. The van der Waals surface area contributed by atoms with Crippen LogP contribution in [0, 0.1) is 11.3 Å². The Labute approximate surface area is 262 Å². The maximum absolute atomic E-state index is 14.4. The highest BCUT2D eigenvalue weighted by Gasteiger charge is 2.36. The van der Waals surface area contributed by atoms with Gasteiger partial charge in [0, 0.05) is 12.1 Å². The minimum atomic E-state index is -1.24. The number of alkyl carbamates (subject to hydrolysis) is 1. The molecule has 4 aromatic carbocycles. The van der Waals surface area contributed by atoms with Crippen LogP contribution >= 0.6 is 0 Å². The molecule has 0 aliphatic heterocycles. The van der Waals surface area contributed by atoms with Crippen molar-refractivity contribution < 1.29 is 24.2 Å². The SMILES string of the molecule is C=Cc1cccc(C(C(=O)Nc2ccc3ccccc3c2)N(CC#N)C(=O)C(Cc2ccc(O)cc2)NC(=O)OC(C)(C)C)c1. The van der Waals surface area contributed by atoms with E-state index >= 15 is 0 Å². The number of nitriles is 1. The van der Waals surface area contributed by atoms with Gasteiger partial charge in [-0.15, -0.1) is 0 Å². The van der Waals surface area contributed by atoms with E-state index in [1.807, 2.05) is 48.5 Å². The summed E-state index contributed by atoms with van der Waals surface area (Å²) in [4.78, 5) is 42.5. The summed E-state index contributed by atoms with van der Waals surface area (Å²) in [5.41, 5.74) is 1.48. The highest BCUT2D eigenvalue weighted by molar-refractivity contribution is 6.00. The van der Waals surface area contributed by atoms with Crippen molar-refractivity contribution in [2.45, 2.75) is 44.9 Å². The fraction of sp³-hybridized carbons (Fsp3) is 0.222. The van der Waals surface area contributed by atoms with Crippen LogP contribution in [0.15, 0.2) is 97.6 Å². The van der Waals surface area contributed by atoms with Crippen molar-refractivity contribution in [3.05, 3.63) is 114 Å². The molecule has 0 aliphatic rings. The first-order valence-corrected chi connectivity index (χ1v) is 14.4. The Kier molecular flexibility index (Phi) is 10.2. The van der Waals surface area contributed by atoms with Crippen LogP contribution in [0.25, 0.3) is 16.8 Å². The molecule has 230 valence electrons. The van der Waals surface area contributed by atoms with E-state index in [1.165, 1.54) is 12.1 Å². The molecule has 2 atom stereocenters. The fourth-order valence-corrected chi connectivity index (χ4v) is 4.90. The Bertz CT molecular complexity index is 1740. The third-order valence-electron chi connectivity index (χ3n) is 6.93. The molecule has 9 nitrogen and oxygen atoms in total. The number of carbonyl (C=O) groups is 3. The standard InChI is InChI=1S/C36H36N4O5/c1-5-24-9-8-12-28(21-24)32(33(42)38-29-16-15-26-10-6-7-11-27(26)23-29)40(20-19-37)34(43)31(39-35(44)45-36(2,3)4)22-25-13-17-30(41)18-14-25/h5-18,21,23,31-32,41H,1,20,22H2,2-4H3,(H,38,42)(H,39,44). The fourth-order valence-electron chi connectivity index (χ4n) is 4.90. The van der Waals surface area contributed by atoms with Crippen LogP contribution in [-0.4, -0.2) is 46.1 Å². The van der Waals surface area contributed by atoms with Gasteiger partial charge in [0.25, 0.3) is 5.91 Å². The zero-order valence-corrected chi connectivity index (χ0v) is 25.5. The van der Waals surface area contributed by atoms with Crippen LogP contribution in [0.1, 0.15) is 43.5 Å². The molecule has 3 N–H and O–H groups in total. The number of aromatic hydroxyl groups is 1. The van der Waals surface area contributed by atoms with Crippen molar-refractivity contribution in [3.8, 4) is 11.8 Å². The number of nitrogens with zero attached hydrogens (tertiary/aromatic N) is 2. The second kappa shape index (κ2) is 14.2. The van der Waals surface area contributed by atoms with Crippen LogP contribution in [0.3, 0.4) is 0 Å². The number of hydrogen-bond donors (Lipinski definition) is 3. The highest BCUT2D eigenvalue weighted by atomic mass is 16.6. The maximum Gasteiger partial charge on any atom is 0.408 e. The summed E-state index contributed by atoms with van der Waals surface area (Å²) in [7, 11) is 0. The lowest BCUT2D eigenvalue weighted by molar-refractivity contribution is -0.140. The first-order chi connectivity index (χ1) is 21.5. The van der Waals surface area contributed by atoms with Gasteiger partial charge in [0.05, 0.1) is 6.07 Å². The predicted octanol–water partition coefficient (Wildman–Crippen LogP) is 6.36. The summed E-state index contributed by atoms with van der Waals surface area (Å²) >= 11 is 0. The Hall–Kier alpha value is -5.62. The summed E-state index contributed by atoms with van der Waals surface area (Å²) in [5, 5.41) is 27.1. The topological polar surface area (TPSA) is 132 Å². The van der Waals surface area contributed by atoms with E-state index in [1.54, 1.807) is 63.2 Å². The van der Waals surface area contributed by atoms with Crippen molar-refractivity contribution in [2.75, 3.05) is 11.9 Å². The molecule has 0 aromatic heterocycles. The molecule has 0 saturated carbocycles. The number of phenolic OH excluding ortho intramolecular Hbond substituents is 1. The van der Waals surface area contributed by atoms with E-state index in [2.05, 4.69) is 17.2 Å².